The van der Waals surface area contributed by atoms with Crippen LogP contribution < -0.4 is 15.0 Å². The second-order valence-corrected chi connectivity index (χ2v) is 10.2. The van der Waals surface area contributed by atoms with Gasteiger partial charge in [-0.25, -0.2) is 0 Å². The van der Waals surface area contributed by atoms with E-state index in [2.05, 4.69) is 37.3 Å². The third-order valence-electron chi connectivity index (χ3n) is 4.45. The Morgan fingerprint density at radius 2 is 1.62 bits per heavy atom. The minimum absolute atomic E-state index is 0.0674. The van der Waals surface area contributed by atoms with Crippen molar-refractivity contribution in [1.82, 2.24) is 5.32 Å². The van der Waals surface area contributed by atoms with E-state index in [1.807, 2.05) is 54.6 Å². The Hall–Kier alpha value is -2.62. The van der Waals surface area contributed by atoms with E-state index in [4.69, 9.17) is 4.74 Å². The second-order valence-electron chi connectivity index (χ2n) is 6.28. The van der Waals surface area contributed by atoms with Crippen LogP contribution >= 0.6 is 0 Å². The zero-order valence-electron chi connectivity index (χ0n) is 14.8. The van der Waals surface area contributed by atoms with E-state index in [9.17, 15) is 9.59 Å². The van der Waals surface area contributed by atoms with Gasteiger partial charge < -0.3 is 0 Å². The molecule has 6 nitrogen and oxygen atoms in total. The number of nitrogens with one attached hydrogen (secondary N) is 1. The van der Waals surface area contributed by atoms with Crippen LogP contribution in [0.3, 0.4) is 0 Å². The summed E-state index contributed by atoms with van der Waals surface area (Å²) >= 11 is 1.73. The maximum absolute atomic E-state index is 12.2. The number of ether oxygens (including phenoxy) is 1. The van der Waals surface area contributed by atoms with Crippen molar-refractivity contribution in [3.05, 3.63) is 69.8 Å². The Bertz CT molecular complexity index is 1190. The number of benzene rings is 2. The summed E-state index contributed by atoms with van der Waals surface area (Å²) in [6.07, 6.45) is 1.66. The number of hydrogen-bond donors (Lipinski definition) is 1. The van der Waals surface area contributed by atoms with Gasteiger partial charge in [-0.3, -0.25) is 0 Å². The van der Waals surface area contributed by atoms with Gasteiger partial charge in [0.25, 0.3) is 0 Å². The second kappa shape index (κ2) is 7.32. The molecule has 0 atom stereocenters. The van der Waals surface area contributed by atoms with Crippen LogP contribution in [-0.4, -0.2) is 53.0 Å². The van der Waals surface area contributed by atoms with Crippen molar-refractivity contribution in [2.45, 2.75) is 0 Å². The standard InChI is InChI=1S/C21H12N3O3SeTe/c25-19-13(20(26)23-21(28)22-19)11-12-9-10-18(29-12)24-14-5-1-3-7-16(14)27-17-8-4-2-6-15(17)24/h1-11H,(H,22,23,25,26). The third kappa shape index (κ3) is 3.35. The normalized spacial score (nSPS) is 16.6. The number of rotatable bonds is 2. The molecule has 0 unspecified atom stereocenters. The van der Waals surface area contributed by atoms with Crippen molar-refractivity contribution in [3.8, 4) is 11.5 Å². The molecule has 29 heavy (non-hydrogen) atoms. The maximum atomic E-state index is 12.2. The van der Waals surface area contributed by atoms with Crippen LogP contribution in [0.1, 0.15) is 3.58 Å². The zero-order valence-corrected chi connectivity index (χ0v) is 18.8. The van der Waals surface area contributed by atoms with Crippen LogP contribution in [-0.2, 0) is 9.59 Å². The van der Waals surface area contributed by atoms with Gasteiger partial charge in [-0.15, -0.1) is 0 Å². The summed E-state index contributed by atoms with van der Waals surface area (Å²) < 4.78 is 8.40. The van der Waals surface area contributed by atoms with Gasteiger partial charge in [0.2, 0.25) is 0 Å². The van der Waals surface area contributed by atoms with Crippen LogP contribution in [0.4, 0.5) is 15.1 Å². The van der Waals surface area contributed by atoms with Gasteiger partial charge in [0.05, 0.1) is 0 Å². The molecule has 2 aliphatic heterocycles. The van der Waals surface area contributed by atoms with Crippen molar-refractivity contribution in [1.29, 1.82) is 0 Å². The van der Waals surface area contributed by atoms with Gasteiger partial charge >= 0.3 is 185 Å². The minimum atomic E-state index is -0.832. The molecule has 0 saturated carbocycles. The van der Waals surface area contributed by atoms with Crippen LogP contribution in [0.5, 0.6) is 11.5 Å². The van der Waals surface area contributed by atoms with Gasteiger partial charge in [-0.05, 0) is 0 Å². The topological polar surface area (TPSA) is 71.0 Å². The molecular weight excluding hydrogens is 549 g/mol. The van der Waals surface area contributed by atoms with Gasteiger partial charge in [-0.1, -0.05) is 0 Å². The number of para-hydroxylation sites is 4. The first kappa shape index (κ1) is 18.4. The molecule has 3 heterocycles. The Kier molecular flexibility index (Phi) is 4.65. The number of amides is 2. The molecule has 0 fully saturated rings. The van der Waals surface area contributed by atoms with E-state index in [1.165, 1.54) is 0 Å². The van der Waals surface area contributed by atoms with E-state index in [0.29, 0.717) is 0 Å². The van der Waals surface area contributed by atoms with Crippen molar-refractivity contribution in [3.63, 3.8) is 0 Å². The molecule has 2 aromatic carbocycles. The number of amidine groups is 1. The summed E-state index contributed by atoms with van der Waals surface area (Å²) in [6.45, 7) is 0. The quantitative estimate of drug-likeness (QED) is 0.233. The fourth-order valence-electron chi connectivity index (χ4n) is 3.19. The SMILES string of the molecule is O=C1N=C([Se])NC(=O)/C1=C\c1ccc(N2c3ccccc3Oc3ccccc32)[te]1. The molecule has 8 heteroatoms. The Morgan fingerprint density at radius 3 is 2.28 bits per heavy atom. The van der Waals surface area contributed by atoms with E-state index >= 15 is 0 Å². The zero-order chi connectivity index (χ0) is 20.0. The summed E-state index contributed by atoms with van der Waals surface area (Å²) in [4.78, 5) is 30.3. The van der Waals surface area contributed by atoms with Gasteiger partial charge in [0.1, 0.15) is 0 Å². The number of aliphatic imine (C=N–C) groups is 1. The predicted molar refractivity (Wildman–Crippen MR) is 112 cm³/mol. The number of carbonyl (C=O) groups excluding carboxylic acids is 2. The fraction of sp³-hybridized carbons (Fsp3) is 0. The van der Waals surface area contributed by atoms with Crippen LogP contribution in [0.25, 0.3) is 6.08 Å². The summed E-state index contributed by atoms with van der Waals surface area (Å²) in [5.74, 6) is 0.650. The Labute approximate surface area is 184 Å². The Morgan fingerprint density at radius 1 is 0.966 bits per heavy atom. The molecule has 1 radical (unpaired) electrons. The van der Waals surface area contributed by atoms with E-state index < -0.39 is 32.2 Å². The monoisotopic (exact) mass is 564 g/mol. The molecule has 0 spiro atoms. The number of anilines is 3. The average molecular weight is 561 g/mol. The molecule has 3 aromatic rings. The molecule has 5 rings (SSSR count). The predicted octanol–water partition coefficient (Wildman–Crippen LogP) is 2.88. The van der Waals surface area contributed by atoms with Gasteiger partial charge in [0.15, 0.2) is 0 Å². The molecule has 0 saturated heterocycles. The molecule has 1 aromatic heterocycles. The molecule has 1 N–H and O–H groups in total. The molecule has 0 aliphatic carbocycles. The fourth-order valence-corrected chi connectivity index (χ4v) is 6.35. The average Bonchev–Trinajstić information content (AvgIpc) is 3.17. The van der Waals surface area contributed by atoms with Crippen molar-refractivity contribution in [2.75, 3.05) is 4.90 Å². The van der Waals surface area contributed by atoms with Crippen LogP contribution in [0.2, 0.25) is 0 Å². The van der Waals surface area contributed by atoms with Crippen molar-refractivity contribution in [2.24, 2.45) is 4.99 Å². The number of fused-ring (bicyclic) bond motifs is 2. The first-order valence-electron chi connectivity index (χ1n) is 8.69. The van der Waals surface area contributed by atoms with E-state index in [-0.39, 0.29) is 10.3 Å². The number of nitrogens with zero attached hydrogens (tertiary/aromatic N) is 2. The first-order chi connectivity index (χ1) is 14.1. The third-order valence-corrected chi connectivity index (χ3v) is 7.76. The van der Waals surface area contributed by atoms with Gasteiger partial charge in [0, 0.05) is 0 Å². The summed E-state index contributed by atoms with van der Waals surface area (Å²) in [5.41, 5.74) is 2.02. The first-order valence-corrected chi connectivity index (χ1v) is 11.9. The molecule has 2 amide bonds. The molecule has 2 aliphatic rings. The summed E-state index contributed by atoms with van der Waals surface area (Å²) in [6, 6.07) is 19.9. The molecule has 0 bridgehead atoms. The van der Waals surface area contributed by atoms with Crippen LogP contribution in [0.15, 0.2) is 71.2 Å². The van der Waals surface area contributed by atoms with E-state index in [1.54, 1.807) is 6.08 Å². The molecule has 141 valence electrons. The van der Waals surface area contributed by atoms with E-state index in [0.717, 1.165) is 30.2 Å². The number of hydrogen-bond acceptors (Lipinski definition) is 4. The number of carbonyl (C=O) groups is 2. The van der Waals surface area contributed by atoms with Crippen LogP contribution in [0, 0.1) is 0 Å². The summed E-state index contributed by atoms with van der Waals surface area (Å²) in [7, 11) is 0. The summed E-state index contributed by atoms with van der Waals surface area (Å²) in [5, 5.41) is 2.54. The van der Waals surface area contributed by atoms with Gasteiger partial charge in [-0.2, -0.15) is 0 Å². The van der Waals surface area contributed by atoms with Crippen molar-refractivity contribution < 1.29 is 14.3 Å². The molecular formula is C21H12N3O3SeTe. The van der Waals surface area contributed by atoms with Crippen molar-refractivity contribution >= 4 is 74.1 Å². The Balaban J connectivity index is 1.58.